The summed E-state index contributed by atoms with van der Waals surface area (Å²) >= 11 is 0. The van der Waals surface area contributed by atoms with E-state index >= 15 is 0 Å². The van der Waals surface area contributed by atoms with E-state index < -0.39 is 5.60 Å². The maximum Gasteiger partial charge on any atom is 0.192 e. The number of nitrogens with zero attached hydrogens (tertiary/aromatic N) is 4. The molecule has 3 N–H and O–H groups in total. The molecule has 2 aromatic carbocycles. The lowest BCUT2D eigenvalue weighted by atomic mass is 9.96. The van der Waals surface area contributed by atoms with Crippen LogP contribution in [-0.4, -0.2) is 39.5 Å². The van der Waals surface area contributed by atoms with Crippen molar-refractivity contribution < 1.29 is 9.84 Å². The van der Waals surface area contributed by atoms with Crippen molar-refractivity contribution in [3.63, 3.8) is 0 Å². The Hall–Kier alpha value is -3.39. The molecule has 3 rings (SSSR count). The summed E-state index contributed by atoms with van der Waals surface area (Å²) in [5, 5.41) is 25.7. The summed E-state index contributed by atoms with van der Waals surface area (Å²) in [7, 11) is 3.57. The van der Waals surface area contributed by atoms with E-state index in [0.29, 0.717) is 25.6 Å². The normalized spacial score (nSPS) is 13.5. The summed E-state index contributed by atoms with van der Waals surface area (Å²) in [5.41, 5.74) is 0.831. The number of rotatable bonds is 8. The molecular formula is C23H30N6O2. The second kappa shape index (κ2) is 10.1. The van der Waals surface area contributed by atoms with Crippen LogP contribution in [0.5, 0.6) is 5.75 Å². The fourth-order valence-electron chi connectivity index (χ4n) is 3.00. The highest BCUT2D eigenvalue weighted by atomic mass is 16.5. The number of benzene rings is 2. The van der Waals surface area contributed by atoms with Gasteiger partial charge in [0.2, 0.25) is 0 Å². The van der Waals surface area contributed by atoms with Gasteiger partial charge >= 0.3 is 0 Å². The molecule has 1 aromatic heterocycles. The molecule has 0 spiro atoms. The Kier molecular flexibility index (Phi) is 7.25. The Morgan fingerprint density at radius 1 is 1.10 bits per heavy atom. The average molecular weight is 423 g/mol. The fraction of sp³-hybridized carbons (Fsp3) is 0.348. The zero-order valence-electron chi connectivity index (χ0n) is 18.5. The molecule has 1 unspecified atom stereocenters. The van der Waals surface area contributed by atoms with Gasteiger partial charge in [0, 0.05) is 7.05 Å². The van der Waals surface area contributed by atoms with Crippen LogP contribution in [-0.2, 0) is 25.7 Å². The van der Waals surface area contributed by atoms with E-state index in [0.717, 1.165) is 28.5 Å². The first-order valence-electron chi connectivity index (χ1n) is 10.2. The third kappa shape index (κ3) is 6.05. The molecule has 8 nitrogen and oxygen atoms in total. The van der Waals surface area contributed by atoms with E-state index in [1.54, 1.807) is 14.0 Å². The van der Waals surface area contributed by atoms with Gasteiger partial charge in [0.05, 0.1) is 26.7 Å². The Bertz CT molecular complexity index is 997. The van der Waals surface area contributed by atoms with Crippen LogP contribution < -0.4 is 15.4 Å². The Morgan fingerprint density at radius 3 is 2.42 bits per heavy atom. The minimum Gasteiger partial charge on any atom is -0.497 e. The first-order valence-corrected chi connectivity index (χ1v) is 10.2. The molecule has 0 amide bonds. The lowest BCUT2D eigenvalue weighted by Crippen LogP contribution is -2.44. The first kappa shape index (κ1) is 22.3. The highest BCUT2D eigenvalue weighted by Gasteiger charge is 2.23. The van der Waals surface area contributed by atoms with E-state index in [1.165, 1.54) is 0 Å². The minimum absolute atomic E-state index is 0.295. The fourth-order valence-corrected chi connectivity index (χ4v) is 3.00. The van der Waals surface area contributed by atoms with Crippen molar-refractivity contribution in [1.82, 2.24) is 25.4 Å². The van der Waals surface area contributed by atoms with Gasteiger partial charge in [-0.1, -0.05) is 42.5 Å². The summed E-state index contributed by atoms with van der Waals surface area (Å²) in [6, 6.07) is 17.4. The summed E-state index contributed by atoms with van der Waals surface area (Å²) in [6.07, 6.45) is 0. The molecular weight excluding hydrogens is 392 g/mol. The Labute approximate surface area is 183 Å². The van der Waals surface area contributed by atoms with Crippen molar-refractivity contribution in [1.29, 1.82) is 0 Å². The van der Waals surface area contributed by atoms with Crippen molar-refractivity contribution in [2.24, 2.45) is 12.0 Å². The van der Waals surface area contributed by atoms with Crippen molar-refractivity contribution in [3.05, 3.63) is 77.4 Å². The predicted octanol–water partition coefficient (Wildman–Crippen LogP) is 2.28. The van der Waals surface area contributed by atoms with Crippen molar-refractivity contribution >= 4 is 5.96 Å². The zero-order valence-corrected chi connectivity index (χ0v) is 18.5. The lowest BCUT2D eigenvalue weighted by molar-refractivity contribution is 0.0617. The molecule has 0 radical (unpaired) electrons. The number of aromatic nitrogens is 3. The van der Waals surface area contributed by atoms with Gasteiger partial charge < -0.3 is 25.0 Å². The van der Waals surface area contributed by atoms with Crippen LogP contribution in [0, 0.1) is 6.92 Å². The van der Waals surface area contributed by atoms with Gasteiger partial charge in [0.25, 0.3) is 0 Å². The highest BCUT2D eigenvalue weighted by Crippen LogP contribution is 2.19. The van der Waals surface area contributed by atoms with Gasteiger partial charge in [-0.25, -0.2) is 4.99 Å². The molecule has 164 valence electrons. The number of aliphatic imine (C=N–C) groups is 1. The van der Waals surface area contributed by atoms with E-state index in [2.05, 4.69) is 25.8 Å². The third-order valence-corrected chi connectivity index (χ3v) is 5.17. The molecule has 1 heterocycles. The zero-order chi connectivity index (χ0) is 22.3. The highest BCUT2D eigenvalue weighted by molar-refractivity contribution is 5.79. The molecule has 0 aliphatic heterocycles. The summed E-state index contributed by atoms with van der Waals surface area (Å²) in [5.74, 6) is 3.02. The van der Waals surface area contributed by atoms with Crippen LogP contribution in [0.15, 0.2) is 59.6 Å². The van der Waals surface area contributed by atoms with E-state index in [9.17, 15) is 5.11 Å². The van der Waals surface area contributed by atoms with Gasteiger partial charge in [0.15, 0.2) is 11.8 Å². The van der Waals surface area contributed by atoms with E-state index in [4.69, 9.17) is 4.74 Å². The molecule has 0 saturated carbocycles. The van der Waals surface area contributed by atoms with Gasteiger partial charge in [-0.2, -0.15) is 0 Å². The van der Waals surface area contributed by atoms with Crippen molar-refractivity contribution in [2.45, 2.75) is 32.5 Å². The molecule has 0 fully saturated rings. The number of aryl methyl sites for hydroxylation is 1. The largest absolute Gasteiger partial charge is 0.497 e. The summed E-state index contributed by atoms with van der Waals surface area (Å²) < 4.78 is 7.13. The van der Waals surface area contributed by atoms with Gasteiger partial charge in [-0.3, -0.25) is 0 Å². The Morgan fingerprint density at radius 2 is 1.81 bits per heavy atom. The van der Waals surface area contributed by atoms with E-state index in [-0.39, 0.29) is 0 Å². The molecule has 3 aromatic rings. The maximum absolute atomic E-state index is 10.9. The SMILES string of the molecule is COc1ccc(CN=C(NCc2nnc(C)n2C)NCC(C)(O)c2ccccc2)cc1. The predicted molar refractivity (Wildman–Crippen MR) is 121 cm³/mol. The van der Waals surface area contributed by atoms with Gasteiger partial charge in [-0.15, -0.1) is 10.2 Å². The van der Waals surface area contributed by atoms with Gasteiger partial charge in [-0.05, 0) is 37.1 Å². The van der Waals surface area contributed by atoms with Crippen LogP contribution >= 0.6 is 0 Å². The number of methoxy groups -OCH3 is 1. The monoisotopic (exact) mass is 422 g/mol. The van der Waals surface area contributed by atoms with E-state index in [1.807, 2.05) is 73.1 Å². The molecule has 0 saturated heterocycles. The van der Waals surface area contributed by atoms with Gasteiger partial charge in [0.1, 0.15) is 17.2 Å². The second-order valence-corrected chi connectivity index (χ2v) is 7.58. The average Bonchev–Trinajstić information content (AvgIpc) is 3.11. The quantitative estimate of drug-likeness (QED) is 0.381. The molecule has 0 aliphatic rings. The van der Waals surface area contributed by atoms with Crippen LogP contribution in [0.4, 0.5) is 0 Å². The Balaban J connectivity index is 1.71. The number of aliphatic hydroxyl groups is 1. The van der Waals surface area contributed by atoms with Crippen LogP contribution in [0.25, 0.3) is 0 Å². The number of hydrogen-bond acceptors (Lipinski definition) is 5. The standard InChI is InChI=1S/C23H30N6O2/c1-17-27-28-21(29(17)3)15-25-22(24-14-18-10-12-20(31-4)13-11-18)26-16-23(2,30)19-8-6-5-7-9-19/h5-13,30H,14-16H2,1-4H3,(H2,24,25,26). The van der Waals surface area contributed by atoms with Crippen LogP contribution in [0.1, 0.15) is 29.7 Å². The van der Waals surface area contributed by atoms with Crippen LogP contribution in [0.3, 0.4) is 0 Å². The number of guanidine groups is 1. The van der Waals surface area contributed by atoms with Crippen LogP contribution in [0.2, 0.25) is 0 Å². The topological polar surface area (TPSA) is 96.6 Å². The minimum atomic E-state index is -1.05. The van der Waals surface area contributed by atoms with Crippen molar-refractivity contribution in [3.8, 4) is 5.75 Å². The molecule has 1 atom stereocenters. The number of nitrogens with one attached hydrogen (secondary N) is 2. The summed E-state index contributed by atoms with van der Waals surface area (Å²) in [4.78, 5) is 4.68. The first-order chi connectivity index (χ1) is 14.9. The molecule has 0 aliphatic carbocycles. The smallest absolute Gasteiger partial charge is 0.192 e. The summed E-state index contributed by atoms with van der Waals surface area (Å²) in [6.45, 7) is 4.92. The molecule has 8 heteroatoms. The number of hydrogen-bond donors (Lipinski definition) is 3. The third-order valence-electron chi connectivity index (χ3n) is 5.17. The van der Waals surface area contributed by atoms with Crippen molar-refractivity contribution in [2.75, 3.05) is 13.7 Å². The molecule has 31 heavy (non-hydrogen) atoms. The lowest BCUT2D eigenvalue weighted by Gasteiger charge is -2.25. The second-order valence-electron chi connectivity index (χ2n) is 7.58. The molecule has 0 bridgehead atoms. The number of ether oxygens (including phenoxy) is 1. The maximum atomic E-state index is 10.9.